The summed E-state index contributed by atoms with van der Waals surface area (Å²) in [6.45, 7) is 0.669. The summed E-state index contributed by atoms with van der Waals surface area (Å²) < 4.78 is 23.6. The minimum atomic E-state index is -0.267. The lowest BCUT2D eigenvalue weighted by Crippen LogP contribution is -2.24. The zero-order chi connectivity index (χ0) is 23.7. The molecule has 3 aliphatic rings. The summed E-state index contributed by atoms with van der Waals surface area (Å²) in [4.78, 5) is 18.9. The summed E-state index contributed by atoms with van der Waals surface area (Å²) in [5.41, 5.74) is 5.59. The third-order valence-electron chi connectivity index (χ3n) is 7.23. The fraction of sp³-hybridized carbons (Fsp3) is 0.321. The van der Waals surface area contributed by atoms with Crippen molar-refractivity contribution < 1.29 is 13.9 Å². The fourth-order valence-electron chi connectivity index (χ4n) is 5.15. The highest BCUT2D eigenvalue weighted by atomic mass is 19.1. The predicted octanol–water partition coefficient (Wildman–Crippen LogP) is 5.35. The van der Waals surface area contributed by atoms with Gasteiger partial charge >= 0.3 is 0 Å². The lowest BCUT2D eigenvalue weighted by Gasteiger charge is -2.20. The van der Waals surface area contributed by atoms with Crippen LogP contribution in [0, 0.1) is 5.82 Å². The van der Waals surface area contributed by atoms with Crippen molar-refractivity contribution >= 4 is 16.8 Å². The van der Waals surface area contributed by atoms with E-state index in [2.05, 4.69) is 16.1 Å². The van der Waals surface area contributed by atoms with E-state index in [0.717, 1.165) is 64.7 Å². The van der Waals surface area contributed by atoms with Crippen LogP contribution in [0.25, 0.3) is 22.0 Å². The van der Waals surface area contributed by atoms with E-state index in [1.54, 1.807) is 34.0 Å². The van der Waals surface area contributed by atoms with Crippen LogP contribution in [0.5, 0.6) is 5.75 Å². The van der Waals surface area contributed by atoms with Crippen molar-refractivity contribution in [2.75, 3.05) is 0 Å². The van der Waals surface area contributed by atoms with E-state index in [1.165, 1.54) is 0 Å². The molecular weight excluding hydrogens is 443 g/mol. The molecule has 176 valence electrons. The van der Waals surface area contributed by atoms with Gasteiger partial charge in [-0.15, -0.1) is 0 Å². The highest BCUT2D eigenvalue weighted by Gasteiger charge is 2.33. The molecule has 1 amide bonds. The molecule has 1 aliphatic heterocycles. The zero-order valence-electron chi connectivity index (χ0n) is 19.5. The summed E-state index contributed by atoms with van der Waals surface area (Å²) in [5, 5.41) is 5.59. The van der Waals surface area contributed by atoms with Crippen molar-refractivity contribution in [2.24, 2.45) is 7.05 Å². The van der Waals surface area contributed by atoms with Gasteiger partial charge in [0.1, 0.15) is 17.1 Å². The lowest BCUT2D eigenvalue weighted by atomic mass is 9.94. The number of carbonyl (C=O) groups excluding carboxylic acids is 1. The standard InChI is InChI=1S/C28H25FN4O2/c1-32-13-23-19(8-9-26(27(23)31-32)35-18-6-7-18)17-11-21(16-4-5-16)22(24(29)12-17)14-33-15-25-20(28(33)34)3-2-10-30-25/h2-3,8-13,16,18H,4-7,14-15H2,1H3. The molecule has 2 aromatic carbocycles. The normalized spacial score (nSPS) is 17.3. The number of nitrogens with zero attached hydrogens (tertiary/aromatic N) is 4. The fourth-order valence-corrected chi connectivity index (χ4v) is 5.15. The van der Waals surface area contributed by atoms with Crippen LogP contribution in [0.15, 0.2) is 48.8 Å². The van der Waals surface area contributed by atoms with Crippen molar-refractivity contribution in [3.05, 3.63) is 77.0 Å². The van der Waals surface area contributed by atoms with Crippen molar-refractivity contribution in [2.45, 2.75) is 50.8 Å². The van der Waals surface area contributed by atoms with Gasteiger partial charge in [0.15, 0.2) is 0 Å². The number of pyridine rings is 1. The number of rotatable bonds is 6. The Kier molecular flexibility index (Phi) is 4.50. The number of carbonyl (C=O) groups is 1. The van der Waals surface area contributed by atoms with Gasteiger partial charge in [0.25, 0.3) is 5.91 Å². The number of hydrogen-bond acceptors (Lipinski definition) is 4. The van der Waals surface area contributed by atoms with Crippen LogP contribution >= 0.6 is 0 Å². The SMILES string of the molecule is Cn1cc2c(-c3cc(F)c(CN4Cc5ncccc5C4=O)c(C4CC4)c3)ccc(OC3CC3)c2n1. The molecule has 0 N–H and O–H groups in total. The van der Waals surface area contributed by atoms with Gasteiger partial charge < -0.3 is 9.64 Å². The summed E-state index contributed by atoms with van der Waals surface area (Å²) >= 11 is 0. The maximum absolute atomic E-state index is 15.8. The van der Waals surface area contributed by atoms with Crippen molar-refractivity contribution in [3.8, 4) is 16.9 Å². The maximum atomic E-state index is 15.8. The Morgan fingerprint density at radius 3 is 2.74 bits per heavy atom. The first-order chi connectivity index (χ1) is 17.0. The molecular formula is C28H25FN4O2. The van der Waals surface area contributed by atoms with Crippen molar-refractivity contribution in [3.63, 3.8) is 0 Å². The second kappa shape index (κ2) is 7.63. The molecule has 3 heterocycles. The Labute approximate surface area is 202 Å². The Bertz CT molecular complexity index is 1500. The Balaban J connectivity index is 1.28. The van der Waals surface area contributed by atoms with Gasteiger partial charge in [0, 0.05) is 36.9 Å². The van der Waals surface area contributed by atoms with Crippen LogP contribution in [0.3, 0.4) is 0 Å². The van der Waals surface area contributed by atoms with Gasteiger partial charge in [-0.2, -0.15) is 5.10 Å². The molecule has 2 aromatic heterocycles. The second-order valence-corrected chi connectivity index (χ2v) is 9.95. The molecule has 0 unspecified atom stereocenters. The first-order valence-electron chi connectivity index (χ1n) is 12.2. The van der Waals surface area contributed by atoms with Gasteiger partial charge in [0.05, 0.1) is 23.9 Å². The van der Waals surface area contributed by atoms with Gasteiger partial charge in [-0.3, -0.25) is 14.5 Å². The minimum absolute atomic E-state index is 0.0818. The number of amides is 1. The number of halogens is 1. The van der Waals surface area contributed by atoms with E-state index >= 15 is 4.39 Å². The van der Waals surface area contributed by atoms with Crippen molar-refractivity contribution in [1.82, 2.24) is 19.7 Å². The summed E-state index contributed by atoms with van der Waals surface area (Å²) in [5.74, 6) is 0.768. The molecule has 0 spiro atoms. The number of fused-ring (bicyclic) bond motifs is 2. The molecule has 6 nitrogen and oxygen atoms in total. The highest BCUT2D eigenvalue weighted by molar-refractivity contribution is 5.98. The molecule has 0 radical (unpaired) electrons. The van der Waals surface area contributed by atoms with E-state index in [0.29, 0.717) is 23.6 Å². The molecule has 2 aliphatic carbocycles. The topological polar surface area (TPSA) is 60.2 Å². The van der Waals surface area contributed by atoms with E-state index in [9.17, 15) is 4.79 Å². The lowest BCUT2D eigenvalue weighted by molar-refractivity contribution is 0.0764. The van der Waals surface area contributed by atoms with Crippen molar-refractivity contribution in [1.29, 1.82) is 0 Å². The average molecular weight is 469 g/mol. The van der Waals surface area contributed by atoms with Gasteiger partial charge in [0.2, 0.25) is 0 Å². The second-order valence-electron chi connectivity index (χ2n) is 9.95. The first-order valence-corrected chi connectivity index (χ1v) is 12.2. The number of aromatic nitrogens is 3. The predicted molar refractivity (Wildman–Crippen MR) is 130 cm³/mol. The highest BCUT2D eigenvalue weighted by Crippen LogP contribution is 2.45. The van der Waals surface area contributed by atoms with Crippen LogP contribution in [0.4, 0.5) is 4.39 Å². The van der Waals surface area contributed by atoms with Crippen LogP contribution < -0.4 is 4.74 Å². The van der Waals surface area contributed by atoms with Crippen LogP contribution in [-0.2, 0) is 20.1 Å². The molecule has 7 rings (SSSR count). The van der Waals surface area contributed by atoms with E-state index in [-0.39, 0.29) is 24.4 Å². The number of benzene rings is 2. The first kappa shape index (κ1) is 20.6. The Morgan fingerprint density at radius 1 is 1.11 bits per heavy atom. The summed E-state index contributed by atoms with van der Waals surface area (Å²) in [6.07, 6.45) is 8.19. The third kappa shape index (κ3) is 3.57. The molecule has 2 saturated carbocycles. The number of aryl methyl sites for hydroxylation is 1. The zero-order valence-corrected chi connectivity index (χ0v) is 19.5. The molecule has 2 fully saturated rings. The van der Waals surface area contributed by atoms with Gasteiger partial charge in [-0.05, 0) is 78.6 Å². The minimum Gasteiger partial charge on any atom is -0.488 e. The number of ether oxygens (including phenoxy) is 1. The van der Waals surface area contributed by atoms with Crippen LogP contribution in [0.2, 0.25) is 0 Å². The molecule has 0 atom stereocenters. The molecule has 35 heavy (non-hydrogen) atoms. The van der Waals surface area contributed by atoms with E-state index in [1.807, 2.05) is 25.4 Å². The summed E-state index contributed by atoms with van der Waals surface area (Å²) in [7, 11) is 1.89. The Morgan fingerprint density at radius 2 is 1.97 bits per heavy atom. The van der Waals surface area contributed by atoms with Crippen LogP contribution in [-0.4, -0.2) is 31.7 Å². The Hall–Kier alpha value is -3.74. The monoisotopic (exact) mass is 468 g/mol. The van der Waals surface area contributed by atoms with Crippen LogP contribution in [0.1, 0.15) is 58.8 Å². The third-order valence-corrected chi connectivity index (χ3v) is 7.23. The van der Waals surface area contributed by atoms with Gasteiger partial charge in [-0.1, -0.05) is 6.07 Å². The quantitative estimate of drug-likeness (QED) is 0.383. The number of hydrogen-bond donors (Lipinski definition) is 0. The molecule has 0 saturated heterocycles. The maximum Gasteiger partial charge on any atom is 0.256 e. The molecule has 7 heteroatoms. The molecule has 0 bridgehead atoms. The average Bonchev–Trinajstić information content (AvgIpc) is 3.77. The van der Waals surface area contributed by atoms with E-state index < -0.39 is 0 Å². The summed E-state index contributed by atoms with van der Waals surface area (Å²) in [6, 6.07) is 11.3. The smallest absolute Gasteiger partial charge is 0.256 e. The van der Waals surface area contributed by atoms with E-state index in [4.69, 9.17) is 4.74 Å². The molecule has 4 aromatic rings. The van der Waals surface area contributed by atoms with Gasteiger partial charge in [-0.25, -0.2) is 4.39 Å². The largest absolute Gasteiger partial charge is 0.488 e.